The van der Waals surface area contributed by atoms with Crippen LogP contribution in [-0.2, 0) is 11.3 Å². The van der Waals surface area contributed by atoms with E-state index >= 15 is 0 Å². The zero-order valence-corrected chi connectivity index (χ0v) is 12.4. The normalized spacial score (nSPS) is 25.1. The standard InChI is InChI=1S/C17H25NO2/c1-2-16(19)14-7-11-18(12-14)13-15-6-10-17(20-15)8-4-3-5-9-17/h7,11-12,15H,2-6,8-10,13H2,1H3. The summed E-state index contributed by atoms with van der Waals surface area (Å²) in [7, 11) is 0. The van der Waals surface area contributed by atoms with Crippen LogP contribution in [0.25, 0.3) is 0 Å². The average molecular weight is 275 g/mol. The zero-order valence-electron chi connectivity index (χ0n) is 12.4. The Morgan fingerprint density at radius 3 is 2.90 bits per heavy atom. The van der Waals surface area contributed by atoms with E-state index in [4.69, 9.17) is 4.74 Å². The van der Waals surface area contributed by atoms with Crippen molar-refractivity contribution in [2.24, 2.45) is 0 Å². The van der Waals surface area contributed by atoms with Gasteiger partial charge in [0.05, 0.1) is 11.7 Å². The van der Waals surface area contributed by atoms with Gasteiger partial charge in [-0.25, -0.2) is 0 Å². The van der Waals surface area contributed by atoms with Crippen molar-refractivity contribution in [1.82, 2.24) is 4.57 Å². The van der Waals surface area contributed by atoms with E-state index in [1.54, 1.807) is 0 Å². The van der Waals surface area contributed by atoms with Crippen LogP contribution in [0.2, 0.25) is 0 Å². The molecule has 0 amide bonds. The van der Waals surface area contributed by atoms with Crippen molar-refractivity contribution in [1.29, 1.82) is 0 Å². The van der Waals surface area contributed by atoms with E-state index in [0.717, 1.165) is 18.5 Å². The number of ketones is 1. The second-order valence-corrected chi connectivity index (χ2v) is 6.40. The first-order valence-corrected chi connectivity index (χ1v) is 8.08. The van der Waals surface area contributed by atoms with E-state index in [2.05, 4.69) is 4.57 Å². The molecule has 2 aliphatic rings. The van der Waals surface area contributed by atoms with E-state index in [9.17, 15) is 4.79 Å². The number of aromatic nitrogens is 1. The summed E-state index contributed by atoms with van der Waals surface area (Å²) >= 11 is 0. The van der Waals surface area contributed by atoms with Gasteiger partial charge in [-0.15, -0.1) is 0 Å². The number of carbonyl (C=O) groups is 1. The molecular formula is C17H25NO2. The fourth-order valence-corrected chi connectivity index (χ4v) is 3.75. The van der Waals surface area contributed by atoms with Gasteiger partial charge < -0.3 is 9.30 Å². The molecule has 0 N–H and O–H groups in total. The minimum atomic E-state index is 0.193. The summed E-state index contributed by atoms with van der Waals surface area (Å²) in [4.78, 5) is 11.7. The molecule has 3 nitrogen and oxygen atoms in total. The summed E-state index contributed by atoms with van der Waals surface area (Å²) in [5.41, 5.74) is 1.02. The van der Waals surface area contributed by atoms with Crippen molar-refractivity contribution in [3.8, 4) is 0 Å². The lowest BCUT2D eigenvalue weighted by molar-refractivity contribution is -0.0679. The van der Waals surface area contributed by atoms with Crippen LogP contribution < -0.4 is 0 Å². The zero-order chi connectivity index (χ0) is 14.0. The summed E-state index contributed by atoms with van der Waals surface area (Å²) in [5.74, 6) is 0.222. The monoisotopic (exact) mass is 275 g/mol. The van der Waals surface area contributed by atoms with Crippen molar-refractivity contribution in [3.63, 3.8) is 0 Å². The van der Waals surface area contributed by atoms with Crippen LogP contribution in [0.3, 0.4) is 0 Å². The SMILES string of the molecule is CCC(=O)c1ccn(CC2CCC3(CCCCC3)O2)c1. The fraction of sp³-hybridized carbons (Fsp3) is 0.706. The molecule has 1 atom stereocenters. The Morgan fingerprint density at radius 1 is 1.35 bits per heavy atom. The van der Waals surface area contributed by atoms with E-state index < -0.39 is 0 Å². The molecule has 110 valence electrons. The van der Waals surface area contributed by atoms with Crippen LogP contribution in [0.15, 0.2) is 18.5 Å². The smallest absolute Gasteiger partial charge is 0.164 e. The van der Waals surface area contributed by atoms with Crippen molar-refractivity contribution >= 4 is 5.78 Å². The molecule has 1 saturated carbocycles. The molecule has 1 spiro atoms. The third-order valence-electron chi connectivity index (χ3n) is 4.91. The Hall–Kier alpha value is -1.09. The summed E-state index contributed by atoms with van der Waals surface area (Å²) in [6.45, 7) is 2.80. The molecule has 1 aromatic heterocycles. The highest BCUT2D eigenvalue weighted by Gasteiger charge is 2.40. The highest BCUT2D eigenvalue weighted by molar-refractivity contribution is 5.95. The Kier molecular flexibility index (Phi) is 3.97. The summed E-state index contributed by atoms with van der Waals surface area (Å²) in [6.07, 6.45) is 13.8. The molecule has 1 saturated heterocycles. The molecule has 1 aromatic rings. The molecule has 0 aromatic carbocycles. The van der Waals surface area contributed by atoms with E-state index in [-0.39, 0.29) is 11.4 Å². The second kappa shape index (κ2) is 5.72. The summed E-state index contributed by atoms with van der Waals surface area (Å²) < 4.78 is 8.50. The van der Waals surface area contributed by atoms with Gasteiger partial charge in [0.2, 0.25) is 0 Å². The van der Waals surface area contributed by atoms with Gasteiger partial charge in [0, 0.05) is 30.9 Å². The molecule has 1 aliphatic carbocycles. The van der Waals surface area contributed by atoms with Gasteiger partial charge >= 0.3 is 0 Å². The lowest BCUT2D eigenvalue weighted by atomic mass is 9.83. The molecule has 20 heavy (non-hydrogen) atoms. The van der Waals surface area contributed by atoms with Gasteiger partial charge in [-0.3, -0.25) is 4.79 Å². The van der Waals surface area contributed by atoms with Gasteiger partial charge in [0.25, 0.3) is 0 Å². The number of ether oxygens (including phenoxy) is 1. The maximum atomic E-state index is 11.7. The lowest BCUT2D eigenvalue weighted by Gasteiger charge is -2.33. The summed E-state index contributed by atoms with van der Waals surface area (Å²) in [6, 6.07) is 1.93. The number of carbonyl (C=O) groups excluding carboxylic acids is 1. The Morgan fingerprint density at radius 2 is 2.15 bits per heavy atom. The number of hydrogen-bond acceptors (Lipinski definition) is 2. The van der Waals surface area contributed by atoms with Crippen molar-refractivity contribution in [3.05, 3.63) is 24.0 Å². The van der Waals surface area contributed by atoms with Crippen LogP contribution in [0, 0.1) is 0 Å². The molecule has 0 radical (unpaired) electrons. The predicted molar refractivity (Wildman–Crippen MR) is 79.0 cm³/mol. The van der Waals surface area contributed by atoms with Gasteiger partial charge in [-0.2, -0.15) is 0 Å². The highest BCUT2D eigenvalue weighted by Crippen LogP contribution is 2.42. The molecule has 3 heteroatoms. The van der Waals surface area contributed by atoms with Gasteiger partial charge in [0.15, 0.2) is 5.78 Å². The van der Waals surface area contributed by atoms with Gasteiger partial charge in [0.1, 0.15) is 0 Å². The van der Waals surface area contributed by atoms with Gasteiger partial charge in [-0.1, -0.05) is 26.2 Å². The summed E-state index contributed by atoms with van der Waals surface area (Å²) in [5, 5.41) is 0. The number of Topliss-reactive ketones (excluding diaryl/α,β-unsaturated/α-hetero) is 1. The maximum absolute atomic E-state index is 11.7. The second-order valence-electron chi connectivity index (χ2n) is 6.40. The average Bonchev–Trinajstić information content (AvgIpc) is 3.07. The number of rotatable bonds is 4. The van der Waals surface area contributed by atoms with Crippen molar-refractivity contribution in [2.75, 3.05) is 0 Å². The minimum absolute atomic E-state index is 0.193. The third kappa shape index (κ3) is 2.83. The molecule has 0 bridgehead atoms. The molecule has 3 rings (SSSR count). The fourth-order valence-electron chi connectivity index (χ4n) is 3.75. The molecule has 1 unspecified atom stereocenters. The van der Waals surface area contributed by atoms with Crippen LogP contribution in [0.5, 0.6) is 0 Å². The quantitative estimate of drug-likeness (QED) is 0.779. The van der Waals surface area contributed by atoms with Crippen molar-refractivity contribution < 1.29 is 9.53 Å². The predicted octanol–water partition coefficient (Wildman–Crippen LogP) is 3.96. The molecular weight excluding hydrogens is 250 g/mol. The van der Waals surface area contributed by atoms with E-state index in [0.29, 0.717) is 12.5 Å². The largest absolute Gasteiger partial charge is 0.370 e. The Balaban J connectivity index is 1.59. The highest BCUT2D eigenvalue weighted by atomic mass is 16.5. The maximum Gasteiger partial charge on any atom is 0.164 e. The van der Waals surface area contributed by atoms with Crippen molar-refractivity contribution in [2.45, 2.75) is 76.5 Å². The van der Waals surface area contributed by atoms with Gasteiger partial charge in [-0.05, 0) is 31.7 Å². The van der Waals surface area contributed by atoms with Crippen LogP contribution in [0.4, 0.5) is 0 Å². The van der Waals surface area contributed by atoms with Crippen LogP contribution in [0.1, 0.15) is 68.6 Å². The first-order valence-electron chi connectivity index (χ1n) is 8.08. The molecule has 2 fully saturated rings. The topological polar surface area (TPSA) is 31.2 Å². The third-order valence-corrected chi connectivity index (χ3v) is 4.91. The van der Waals surface area contributed by atoms with E-state index in [1.807, 2.05) is 25.4 Å². The first-order chi connectivity index (χ1) is 9.71. The lowest BCUT2D eigenvalue weighted by Crippen LogP contribution is -2.32. The van der Waals surface area contributed by atoms with Crippen LogP contribution in [-0.4, -0.2) is 22.1 Å². The Labute approximate surface area is 121 Å². The number of nitrogens with zero attached hydrogens (tertiary/aromatic N) is 1. The van der Waals surface area contributed by atoms with E-state index in [1.165, 1.54) is 38.5 Å². The first kappa shape index (κ1) is 13.9. The molecule has 1 aliphatic heterocycles. The Bertz CT molecular complexity index is 471. The van der Waals surface area contributed by atoms with Crippen LogP contribution >= 0.6 is 0 Å². The minimum Gasteiger partial charge on any atom is -0.370 e. The number of hydrogen-bond donors (Lipinski definition) is 0. The molecule has 2 heterocycles.